The lowest BCUT2D eigenvalue weighted by Crippen LogP contribution is -2.02. The first-order valence-corrected chi connectivity index (χ1v) is 3.02. The lowest BCUT2D eigenvalue weighted by Gasteiger charge is -2.08. The Labute approximate surface area is 55.6 Å². The summed E-state index contributed by atoms with van der Waals surface area (Å²) in [7, 11) is 0. The van der Waals surface area contributed by atoms with E-state index in [1.807, 2.05) is 12.2 Å². The Balaban J connectivity index is 2.82. The Hall–Kier alpha value is -0.980. The molecule has 0 atom stereocenters. The Kier molecular flexibility index (Phi) is 1.43. The van der Waals surface area contributed by atoms with Crippen LogP contribution in [0.5, 0.6) is 0 Å². The second kappa shape index (κ2) is 2.09. The van der Waals surface area contributed by atoms with Gasteiger partial charge in [0.25, 0.3) is 0 Å². The van der Waals surface area contributed by atoms with Crippen LogP contribution < -0.4 is 5.73 Å². The van der Waals surface area contributed by atoms with Gasteiger partial charge in [0.15, 0.2) is 0 Å². The highest BCUT2D eigenvalue weighted by Gasteiger charge is 2.00. The van der Waals surface area contributed by atoms with Crippen molar-refractivity contribution in [2.24, 2.45) is 5.73 Å². The van der Waals surface area contributed by atoms with Gasteiger partial charge in [-0.2, -0.15) is 0 Å². The quantitative estimate of drug-likeness (QED) is 0.519. The fourth-order valence-electron chi connectivity index (χ4n) is 0.842. The van der Waals surface area contributed by atoms with Crippen LogP contribution in [-0.4, -0.2) is 0 Å². The number of hydrogen-bond acceptors (Lipinski definition) is 1. The summed E-state index contributed by atoms with van der Waals surface area (Å²) in [6, 6.07) is 0. The van der Waals surface area contributed by atoms with Crippen LogP contribution in [0.2, 0.25) is 0 Å². The van der Waals surface area contributed by atoms with E-state index in [9.17, 15) is 0 Å². The molecule has 0 amide bonds. The van der Waals surface area contributed by atoms with Crippen molar-refractivity contribution in [2.45, 2.75) is 13.3 Å². The summed E-state index contributed by atoms with van der Waals surface area (Å²) >= 11 is 0. The Morgan fingerprint density at radius 1 is 1.67 bits per heavy atom. The largest absolute Gasteiger partial charge is 0.399 e. The molecule has 0 spiro atoms. The zero-order valence-electron chi connectivity index (χ0n) is 5.65. The molecular formula is C8H11N. The summed E-state index contributed by atoms with van der Waals surface area (Å²) in [5, 5.41) is 0. The molecule has 0 fully saturated rings. The highest BCUT2D eigenvalue weighted by atomic mass is 14.6. The Morgan fingerprint density at radius 3 is 2.78 bits per heavy atom. The monoisotopic (exact) mass is 121 g/mol. The number of allylic oxidation sites excluding steroid dienone is 3. The van der Waals surface area contributed by atoms with Gasteiger partial charge >= 0.3 is 0 Å². The highest BCUT2D eigenvalue weighted by molar-refractivity contribution is 5.41. The van der Waals surface area contributed by atoms with Crippen LogP contribution in [0.25, 0.3) is 0 Å². The lowest BCUT2D eigenvalue weighted by atomic mass is 10.0. The molecule has 0 aromatic carbocycles. The third-order valence-corrected chi connectivity index (χ3v) is 1.44. The van der Waals surface area contributed by atoms with E-state index < -0.39 is 0 Å². The smallest absolute Gasteiger partial charge is 0.0344 e. The van der Waals surface area contributed by atoms with Gasteiger partial charge in [0, 0.05) is 5.70 Å². The first kappa shape index (κ1) is 6.14. The molecule has 1 aliphatic rings. The maximum atomic E-state index is 5.56. The van der Waals surface area contributed by atoms with Crippen LogP contribution in [0.4, 0.5) is 0 Å². The molecule has 0 radical (unpaired) electrons. The van der Waals surface area contributed by atoms with Gasteiger partial charge in [-0.1, -0.05) is 24.3 Å². The molecule has 9 heavy (non-hydrogen) atoms. The Morgan fingerprint density at radius 2 is 2.33 bits per heavy atom. The van der Waals surface area contributed by atoms with Gasteiger partial charge in [-0.05, 0) is 18.9 Å². The van der Waals surface area contributed by atoms with Crippen molar-refractivity contribution in [2.75, 3.05) is 0 Å². The third-order valence-electron chi connectivity index (χ3n) is 1.44. The Bertz CT molecular complexity index is 197. The maximum Gasteiger partial charge on any atom is 0.0344 e. The van der Waals surface area contributed by atoms with Crippen LogP contribution in [-0.2, 0) is 0 Å². The molecule has 2 N–H and O–H groups in total. The molecule has 0 heterocycles. The van der Waals surface area contributed by atoms with Crippen LogP contribution >= 0.6 is 0 Å². The molecule has 0 aliphatic heterocycles. The molecule has 48 valence electrons. The summed E-state index contributed by atoms with van der Waals surface area (Å²) in [5.74, 6) is 0. The van der Waals surface area contributed by atoms with Gasteiger partial charge in [-0.25, -0.2) is 0 Å². The van der Waals surface area contributed by atoms with Crippen LogP contribution in [0, 0.1) is 0 Å². The average molecular weight is 121 g/mol. The fourth-order valence-corrected chi connectivity index (χ4v) is 0.842. The first-order valence-electron chi connectivity index (χ1n) is 3.02. The average Bonchev–Trinajstić information content (AvgIpc) is 1.80. The van der Waals surface area contributed by atoms with E-state index in [-0.39, 0.29) is 0 Å². The van der Waals surface area contributed by atoms with E-state index in [0.29, 0.717) is 0 Å². The molecule has 0 saturated heterocycles. The summed E-state index contributed by atoms with van der Waals surface area (Å²) in [4.78, 5) is 0. The second-order valence-electron chi connectivity index (χ2n) is 2.38. The van der Waals surface area contributed by atoms with Crippen LogP contribution in [0.1, 0.15) is 13.3 Å². The van der Waals surface area contributed by atoms with E-state index in [1.165, 1.54) is 5.57 Å². The van der Waals surface area contributed by atoms with Crippen LogP contribution in [0.3, 0.4) is 0 Å². The van der Waals surface area contributed by atoms with Crippen molar-refractivity contribution in [3.63, 3.8) is 0 Å². The second-order valence-corrected chi connectivity index (χ2v) is 2.38. The van der Waals surface area contributed by atoms with Crippen molar-refractivity contribution >= 4 is 0 Å². The number of rotatable bonds is 0. The molecule has 1 nitrogen and oxygen atoms in total. The lowest BCUT2D eigenvalue weighted by molar-refractivity contribution is 1.13. The van der Waals surface area contributed by atoms with Crippen LogP contribution in [0.15, 0.2) is 35.6 Å². The third kappa shape index (κ3) is 1.22. The minimum atomic E-state index is 0.820. The maximum absolute atomic E-state index is 5.56. The minimum Gasteiger partial charge on any atom is -0.399 e. The molecule has 1 rings (SSSR count). The van der Waals surface area contributed by atoms with Crippen molar-refractivity contribution in [3.8, 4) is 0 Å². The molecular weight excluding hydrogens is 110 g/mol. The zero-order valence-corrected chi connectivity index (χ0v) is 5.65. The zero-order chi connectivity index (χ0) is 6.85. The predicted molar refractivity (Wildman–Crippen MR) is 39.8 cm³/mol. The van der Waals surface area contributed by atoms with Crippen molar-refractivity contribution in [1.29, 1.82) is 0 Å². The van der Waals surface area contributed by atoms with Gasteiger partial charge in [0.2, 0.25) is 0 Å². The van der Waals surface area contributed by atoms with Gasteiger partial charge in [0.1, 0.15) is 0 Å². The number of nitrogens with two attached hydrogens (primary N) is 1. The van der Waals surface area contributed by atoms with E-state index in [2.05, 4.69) is 13.5 Å². The molecule has 0 bridgehead atoms. The standard InChI is InChI=1S/C8H11N/c1-6-3-4-8(9)7(2)5-6/h4-5H,2-3,9H2,1H3. The van der Waals surface area contributed by atoms with E-state index >= 15 is 0 Å². The van der Waals surface area contributed by atoms with Gasteiger partial charge in [0.05, 0.1) is 0 Å². The molecule has 0 aromatic heterocycles. The summed E-state index contributed by atoms with van der Waals surface area (Å²) in [6.45, 7) is 5.85. The normalized spacial score (nSPS) is 19.0. The van der Waals surface area contributed by atoms with E-state index in [4.69, 9.17) is 5.73 Å². The van der Waals surface area contributed by atoms with E-state index in [1.54, 1.807) is 0 Å². The van der Waals surface area contributed by atoms with Gasteiger partial charge < -0.3 is 5.73 Å². The summed E-state index contributed by atoms with van der Waals surface area (Å²) < 4.78 is 0. The van der Waals surface area contributed by atoms with Crippen molar-refractivity contribution < 1.29 is 0 Å². The molecule has 1 heteroatoms. The van der Waals surface area contributed by atoms with E-state index in [0.717, 1.165) is 17.7 Å². The first-order chi connectivity index (χ1) is 4.20. The topological polar surface area (TPSA) is 26.0 Å². The summed E-state index contributed by atoms with van der Waals surface area (Å²) in [5.41, 5.74) is 8.65. The van der Waals surface area contributed by atoms with Gasteiger partial charge in [-0.3, -0.25) is 0 Å². The fraction of sp³-hybridized carbons (Fsp3) is 0.250. The predicted octanol–water partition coefficient (Wildman–Crippen LogP) is 1.74. The minimum absolute atomic E-state index is 0.820. The molecule has 0 aromatic rings. The van der Waals surface area contributed by atoms with Crippen molar-refractivity contribution in [3.05, 3.63) is 35.6 Å². The molecule has 0 unspecified atom stereocenters. The SMILES string of the molecule is C=C1C=C(C)CC=C1N. The molecule has 1 aliphatic carbocycles. The number of hydrogen-bond donors (Lipinski definition) is 1. The summed E-state index contributed by atoms with van der Waals surface area (Å²) in [6.07, 6.45) is 5.00. The van der Waals surface area contributed by atoms with Crippen molar-refractivity contribution in [1.82, 2.24) is 0 Å². The highest BCUT2D eigenvalue weighted by Crippen LogP contribution is 2.16. The molecule has 0 saturated carbocycles. The van der Waals surface area contributed by atoms with Gasteiger partial charge in [-0.15, -0.1) is 0 Å².